The highest BCUT2D eigenvalue weighted by Gasteiger charge is 2.26. The second-order valence-corrected chi connectivity index (χ2v) is 12.8. The molecule has 5 nitrogen and oxygen atoms in total. The molecule has 0 heterocycles. The van der Waals surface area contributed by atoms with Crippen molar-refractivity contribution >= 4 is 7.82 Å². The average Bonchev–Trinajstić information content (AvgIpc) is 2.95. The van der Waals surface area contributed by atoms with Crippen molar-refractivity contribution in [3.05, 3.63) is 0 Å². The second-order valence-electron chi connectivity index (χ2n) is 11.2. The Bertz CT molecular complexity index is 425. The number of rotatable bonds is 32. The van der Waals surface area contributed by atoms with Crippen LogP contribution in [0.3, 0.4) is 0 Å². The summed E-state index contributed by atoms with van der Waals surface area (Å²) in [5, 5.41) is 0. The van der Waals surface area contributed by atoms with Gasteiger partial charge < -0.3 is 4.74 Å². The van der Waals surface area contributed by atoms with E-state index in [0.29, 0.717) is 19.8 Å². The van der Waals surface area contributed by atoms with Crippen LogP contribution in [0.2, 0.25) is 0 Å². The molecule has 0 aliphatic carbocycles. The summed E-state index contributed by atoms with van der Waals surface area (Å²) in [7, 11) is -3.43. The summed E-state index contributed by atoms with van der Waals surface area (Å²) in [6.45, 7) is 13.8. The molecule has 0 atom stereocenters. The molecule has 244 valence electrons. The van der Waals surface area contributed by atoms with Crippen molar-refractivity contribution in [1.82, 2.24) is 0 Å². The molecule has 0 aromatic carbocycles. The van der Waals surface area contributed by atoms with Crippen LogP contribution >= 0.6 is 7.82 Å². The van der Waals surface area contributed by atoms with Crippen LogP contribution < -0.4 is 0 Å². The van der Waals surface area contributed by atoms with Gasteiger partial charge in [-0.1, -0.05) is 156 Å². The van der Waals surface area contributed by atoms with E-state index >= 15 is 0 Å². The van der Waals surface area contributed by atoms with E-state index in [-0.39, 0.29) is 0 Å². The summed E-state index contributed by atoms with van der Waals surface area (Å²) in [6, 6.07) is 0. The predicted octanol–water partition coefficient (Wildman–Crippen LogP) is 12.6. The van der Waals surface area contributed by atoms with E-state index in [0.717, 1.165) is 51.7 Å². The van der Waals surface area contributed by atoms with Gasteiger partial charge in [0, 0.05) is 13.2 Å². The molecule has 0 bridgehead atoms. The molecule has 0 amide bonds. The van der Waals surface area contributed by atoms with Crippen LogP contribution in [0.15, 0.2) is 0 Å². The average molecular weight is 593 g/mol. The van der Waals surface area contributed by atoms with E-state index in [9.17, 15) is 4.57 Å². The Morgan fingerprint density at radius 3 is 0.775 bits per heavy atom. The number of hydrogen-bond acceptors (Lipinski definition) is 5. The van der Waals surface area contributed by atoms with Crippen molar-refractivity contribution in [3.8, 4) is 0 Å². The lowest BCUT2D eigenvalue weighted by molar-refractivity contribution is 0.108. The fraction of sp³-hybridized carbons (Fsp3) is 1.00. The first kappa shape index (κ1) is 42.2. The zero-order chi connectivity index (χ0) is 29.8. The topological polar surface area (TPSA) is 54.0 Å². The van der Waals surface area contributed by atoms with E-state index in [1.165, 1.54) is 116 Å². The lowest BCUT2D eigenvalue weighted by atomic mass is 10.1. The van der Waals surface area contributed by atoms with E-state index in [1.807, 2.05) is 13.8 Å². The van der Waals surface area contributed by atoms with Gasteiger partial charge in [-0.05, 0) is 33.1 Å². The largest absolute Gasteiger partial charge is 0.474 e. The zero-order valence-electron chi connectivity index (χ0n) is 28.0. The third-order valence-electron chi connectivity index (χ3n) is 7.15. The van der Waals surface area contributed by atoms with Crippen LogP contribution in [0.5, 0.6) is 0 Å². The van der Waals surface area contributed by atoms with Gasteiger partial charge in [0.15, 0.2) is 0 Å². The van der Waals surface area contributed by atoms with Crippen molar-refractivity contribution in [2.45, 2.75) is 189 Å². The molecule has 0 aromatic rings. The Morgan fingerprint density at radius 1 is 0.350 bits per heavy atom. The van der Waals surface area contributed by atoms with Crippen molar-refractivity contribution in [2.75, 3.05) is 33.0 Å². The van der Waals surface area contributed by atoms with Crippen molar-refractivity contribution < 1.29 is 22.9 Å². The molecular weight excluding hydrogens is 519 g/mol. The fourth-order valence-electron chi connectivity index (χ4n) is 4.55. The fourth-order valence-corrected chi connectivity index (χ4v) is 5.83. The highest BCUT2D eigenvalue weighted by Crippen LogP contribution is 2.50. The molecule has 0 unspecified atom stereocenters. The number of unbranched alkanes of at least 4 members (excludes halogenated alkanes) is 21. The summed E-state index contributed by atoms with van der Waals surface area (Å²) < 4.78 is 35.2. The molecule has 0 aliphatic rings. The van der Waals surface area contributed by atoms with Gasteiger partial charge in [0.1, 0.15) is 0 Å². The quantitative estimate of drug-likeness (QED) is 0.0574. The van der Waals surface area contributed by atoms with Crippen LogP contribution in [-0.2, 0) is 22.9 Å². The standard InChI is InChI=1S/C30H63O4P.C4H10O/c1-4-7-10-13-16-19-22-25-28-32-35(31,33-29-26-23-20-17-14-11-8-5-2)34-30-27-24-21-18-15-12-9-6-3;1-3-5-4-2/h4-30H2,1-3H3;3-4H2,1-2H3. The Balaban J connectivity index is 0. The van der Waals surface area contributed by atoms with Crippen molar-refractivity contribution in [3.63, 3.8) is 0 Å². The molecule has 0 aromatic heterocycles. The van der Waals surface area contributed by atoms with Crippen LogP contribution in [-0.4, -0.2) is 33.0 Å². The van der Waals surface area contributed by atoms with Crippen LogP contribution in [0.1, 0.15) is 189 Å². The molecule has 0 radical (unpaired) electrons. The van der Waals surface area contributed by atoms with Gasteiger partial charge in [-0.15, -0.1) is 0 Å². The third kappa shape index (κ3) is 36.1. The Morgan fingerprint density at radius 2 is 0.575 bits per heavy atom. The maximum Gasteiger partial charge on any atom is 0.474 e. The van der Waals surface area contributed by atoms with E-state index in [2.05, 4.69) is 20.8 Å². The molecule has 0 fully saturated rings. The number of phosphoric ester groups is 1. The van der Waals surface area contributed by atoms with E-state index in [4.69, 9.17) is 18.3 Å². The number of phosphoric acid groups is 1. The minimum atomic E-state index is -3.43. The molecule has 0 rings (SSSR count). The van der Waals surface area contributed by atoms with E-state index < -0.39 is 7.82 Å². The molecule has 0 saturated heterocycles. The predicted molar refractivity (Wildman–Crippen MR) is 175 cm³/mol. The number of hydrogen-bond donors (Lipinski definition) is 0. The zero-order valence-corrected chi connectivity index (χ0v) is 28.9. The van der Waals surface area contributed by atoms with Gasteiger partial charge in [0.05, 0.1) is 19.8 Å². The summed E-state index contributed by atoms with van der Waals surface area (Å²) in [5.74, 6) is 0. The van der Waals surface area contributed by atoms with Crippen LogP contribution in [0.25, 0.3) is 0 Å². The van der Waals surface area contributed by atoms with Crippen molar-refractivity contribution in [2.24, 2.45) is 0 Å². The molecule has 0 spiro atoms. The van der Waals surface area contributed by atoms with Gasteiger partial charge in [0.2, 0.25) is 0 Å². The maximum absolute atomic E-state index is 13.2. The number of ether oxygens (including phenoxy) is 1. The van der Waals surface area contributed by atoms with E-state index in [1.54, 1.807) is 0 Å². The first-order valence-electron chi connectivity index (χ1n) is 17.7. The first-order chi connectivity index (χ1) is 19.6. The summed E-state index contributed by atoms with van der Waals surface area (Å²) in [4.78, 5) is 0. The van der Waals surface area contributed by atoms with Crippen molar-refractivity contribution in [1.29, 1.82) is 0 Å². The lowest BCUT2D eigenvalue weighted by Crippen LogP contribution is -2.04. The monoisotopic (exact) mass is 593 g/mol. The third-order valence-corrected chi connectivity index (χ3v) is 8.65. The molecule has 40 heavy (non-hydrogen) atoms. The highest BCUT2D eigenvalue weighted by molar-refractivity contribution is 7.48. The van der Waals surface area contributed by atoms with Gasteiger partial charge in [0.25, 0.3) is 0 Å². The molecular formula is C34H73O5P. The molecule has 0 saturated carbocycles. The summed E-state index contributed by atoms with van der Waals surface area (Å²) in [5.41, 5.74) is 0. The highest BCUT2D eigenvalue weighted by atomic mass is 31.2. The van der Waals surface area contributed by atoms with Gasteiger partial charge in [-0.25, -0.2) is 4.57 Å². The minimum absolute atomic E-state index is 0.473. The SMILES string of the molecule is CCCCCCCCCCOP(=O)(OCCCCCCCCCC)OCCCCCCCCCC.CCOCC. The second kappa shape index (κ2) is 37.1. The first-order valence-corrected chi connectivity index (χ1v) is 19.2. The Labute approximate surface area is 252 Å². The Kier molecular flexibility index (Phi) is 39.1. The summed E-state index contributed by atoms with van der Waals surface area (Å²) >= 11 is 0. The molecule has 6 heteroatoms. The summed E-state index contributed by atoms with van der Waals surface area (Å²) in [6.07, 6.45) is 29.7. The maximum atomic E-state index is 13.2. The Hall–Kier alpha value is 0.0700. The lowest BCUT2D eigenvalue weighted by Gasteiger charge is -2.18. The normalized spacial score (nSPS) is 11.5. The minimum Gasteiger partial charge on any atom is -0.382 e. The van der Waals surface area contributed by atoms with Crippen LogP contribution in [0, 0.1) is 0 Å². The van der Waals surface area contributed by atoms with Gasteiger partial charge in [-0.2, -0.15) is 0 Å². The van der Waals surface area contributed by atoms with Crippen LogP contribution in [0.4, 0.5) is 0 Å². The van der Waals surface area contributed by atoms with Gasteiger partial charge >= 0.3 is 7.82 Å². The smallest absolute Gasteiger partial charge is 0.382 e. The molecule has 0 N–H and O–H groups in total. The van der Waals surface area contributed by atoms with Gasteiger partial charge in [-0.3, -0.25) is 13.6 Å². The molecule has 0 aliphatic heterocycles.